The molecule has 0 fully saturated rings. The van der Waals surface area contributed by atoms with Crippen molar-refractivity contribution in [3.8, 4) is 5.48 Å². The van der Waals surface area contributed by atoms with Crippen LogP contribution in [0.4, 0.5) is 0 Å². The number of benzene rings is 1. The van der Waals surface area contributed by atoms with E-state index in [1.807, 2.05) is 30.3 Å². The molecule has 50 valence electrons. The Labute approximate surface area is 60.4 Å². The van der Waals surface area contributed by atoms with Crippen molar-refractivity contribution in [3.05, 3.63) is 30.3 Å². The molecule has 0 saturated carbocycles. The zero-order chi connectivity index (χ0) is 6.97. The van der Waals surface area contributed by atoms with Gasteiger partial charge in [-0.15, -0.1) is 0 Å². The minimum atomic E-state index is 0.470. The molecule has 1 heterocycles. The van der Waals surface area contributed by atoms with E-state index in [4.69, 9.17) is 5.11 Å². The minimum absolute atomic E-state index is 0.470. The Morgan fingerprint density at radius 3 is 2.80 bits per heavy atom. The first kappa shape index (κ1) is 5.82. The molecule has 0 aliphatic carbocycles. The highest BCUT2D eigenvalue weighted by Gasteiger charge is 1.94. The predicted molar refractivity (Wildman–Crippen MR) is 45.1 cm³/mol. The van der Waals surface area contributed by atoms with Gasteiger partial charge in [0.25, 0.3) is 0 Å². The van der Waals surface area contributed by atoms with Gasteiger partial charge in [0.1, 0.15) is 5.48 Å². The molecule has 1 atom stereocenters. The van der Waals surface area contributed by atoms with Gasteiger partial charge in [0.05, 0.1) is 0 Å². The van der Waals surface area contributed by atoms with Crippen molar-refractivity contribution in [1.29, 1.82) is 0 Å². The van der Waals surface area contributed by atoms with Gasteiger partial charge < -0.3 is 5.11 Å². The maximum atomic E-state index is 9.12. The summed E-state index contributed by atoms with van der Waals surface area (Å²) in [6.45, 7) is 0. The molecule has 0 aliphatic heterocycles. The molecule has 0 bridgehead atoms. The molecule has 0 spiro atoms. The quantitative estimate of drug-likeness (QED) is 0.611. The summed E-state index contributed by atoms with van der Waals surface area (Å²) in [5, 5.41) is 11.5. The van der Waals surface area contributed by atoms with E-state index in [9.17, 15) is 0 Å². The first-order chi connectivity index (χ1) is 4.86. The van der Waals surface area contributed by atoms with E-state index in [0.29, 0.717) is 13.7 Å². The molecule has 0 radical (unpaired) electrons. The van der Waals surface area contributed by atoms with Gasteiger partial charge in [-0.25, -0.2) is 0 Å². The standard InChI is InChI=1S/C8H7OP/c9-8-5-6-3-1-2-4-7(6)10-8/h1-5,9-10H. The van der Waals surface area contributed by atoms with Gasteiger partial charge in [-0.1, -0.05) is 32.5 Å². The lowest BCUT2D eigenvalue weighted by Gasteiger charge is -1.82. The second-order valence-electron chi connectivity index (χ2n) is 2.24. The molecular weight excluding hydrogens is 143 g/mol. The molecule has 2 heteroatoms. The Bertz CT molecular complexity index is 318. The van der Waals surface area contributed by atoms with Crippen LogP contribution < -0.4 is 0 Å². The predicted octanol–water partition coefficient (Wildman–Crippen LogP) is 2.58. The van der Waals surface area contributed by atoms with E-state index in [2.05, 4.69) is 0 Å². The molecule has 2 rings (SSSR count). The zero-order valence-electron chi connectivity index (χ0n) is 5.33. The molecular formula is C8H7OP. The molecule has 2 aromatic rings. The van der Waals surface area contributed by atoms with Gasteiger partial charge in [-0.2, -0.15) is 0 Å². The second-order valence-corrected chi connectivity index (χ2v) is 3.54. The monoisotopic (exact) mass is 150 g/mol. The third kappa shape index (κ3) is 0.795. The lowest BCUT2D eigenvalue weighted by molar-refractivity contribution is 0.492. The lowest BCUT2D eigenvalue weighted by atomic mass is 10.3. The molecule has 1 nitrogen and oxygen atoms in total. The fraction of sp³-hybridized carbons (Fsp3) is 0. The topological polar surface area (TPSA) is 20.2 Å². The molecule has 10 heavy (non-hydrogen) atoms. The van der Waals surface area contributed by atoms with Crippen LogP contribution in [0, 0.1) is 0 Å². The van der Waals surface area contributed by atoms with Gasteiger partial charge in [-0.05, 0) is 11.5 Å². The minimum Gasteiger partial charge on any atom is -0.505 e. The molecule has 1 aromatic carbocycles. The van der Waals surface area contributed by atoms with Crippen LogP contribution in [0.2, 0.25) is 0 Å². The highest BCUT2D eigenvalue weighted by molar-refractivity contribution is 7.39. The Hall–Kier alpha value is -0.940. The van der Waals surface area contributed by atoms with Gasteiger partial charge in [0.2, 0.25) is 0 Å². The van der Waals surface area contributed by atoms with E-state index >= 15 is 0 Å². The van der Waals surface area contributed by atoms with Crippen molar-refractivity contribution < 1.29 is 5.11 Å². The summed E-state index contributed by atoms with van der Waals surface area (Å²) >= 11 is 0. The molecule has 1 N–H and O–H groups in total. The first-order valence-corrected chi connectivity index (χ1v) is 4.13. The number of fused-ring (bicyclic) bond motifs is 1. The number of hydrogen-bond acceptors (Lipinski definition) is 1. The summed E-state index contributed by atoms with van der Waals surface area (Å²) in [5.74, 6) is 0. The third-order valence-corrected chi connectivity index (χ3v) is 2.64. The van der Waals surface area contributed by atoms with Crippen molar-refractivity contribution >= 4 is 18.7 Å². The average molecular weight is 150 g/mol. The smallest absolute Gasteiger partial charge is 0.132 e. The molecule has 0 saturated heterocycles. The van der Waals surface area contributed by atoms with E-state index < -0.39 is 0 Å². The fourth-order valence-corrected chi connectivity index (χ4v) is 2.04. The maximum Gasteiger partial charge on any atom is 0.132 e. The number of aromatic hydroxyl groups is 1. The Kier molecular flexibility index (Phi) is 1.18. The van der Waals surface area contributed by atoms with Gasteiger partial charge in [0, 0.05) is 5.12 Å². The average Bonchev–Trinajstić information content (AvgIpc) is 2.27. The Morgan fingerprint density at radius 2 is 2.00 bits per heavy atom. The van der Waals surface area contributed by atoms with E-state index in [0.717, 1.165) is 0 Å². The van der Waals surface area contributed by atoms with Crippen LogP contribution in [0.3, 0.4) is 0 Å². The van der Waals surface area contributed by atoms with Crippen LogP contribution in [0.15, 0.2) is 30.3 Å². The Balaban J connectivity index is 2.88. The van der Waals surface area contributed by atoms with E-state index in [-0.39, 0.29) is 0 Å². The van der Waals surface area contributed by atoms with Crippen molar-refractivity contribution in [2.24, 2.45) is 0 Å². The van der Waals surface area contributed by atoms with Crippen LogP contribution in [0.25, 0.3) is 10.5 Å². The summed E-state index contributed by atoms with van der Waals surface area (Å²) < 4.78 is 0. The van der Waals surface area contributed by atoms with Crippen LogP contribution in [-0.2, 0) is 0 Å². The molecule has 0 aliphatic rings. The second kappa shape index (κ2) is 2.03. The number of hydrogen-bond donors (Lipinski definition) is 1. The van der Waals surface area contributed by atoms with Crippen molar-refractivity contribution in [1.82, 2.24) is 0 Å². The fourth-order valence-electron chi connectivity index (χ4n) is 1.06. The SMILES string of the molecule is Oc1cc2ccccc2[pH]1. The van der Waals surface area contributed by atoms with Gasteiger partial charge in [0.15, 0.2) is 0 Å². The van der Waals surface area contributed by atoms with E-state index in [1.165, 1.54) is 10.5 Å². The van der Waals surface area contributed by atoms with Crippen LogP contribution in [-0.4, -0.2) is 5.11 Å². The lowest BCUT2D eigenvalue weighted by Crippen LogP contribution is -1.56. The van der Waals surface area contributed by atoms with Crippen molar-refractivity contribution in [2.45, 2.75) is 0 Å². The van der Waals surface area contributed by atoms with Crippen molar-refractivity contribution in [3.63, 3.8) is 0 Å². The largest absolute Gasteiger partial charge is 0.505 e. The summed E-state index contributed by atoms with van der Waals surface area (Å²) in [5.41, 5.74) is 0.501. The molecule has 1 aromatic heterocycles. The summed E-state index contributed by atoms with van der Waals surface area (Å²) in [7, 11) is 0.470. The normalized spacial score (nSPS) is 11.2. The number of rotatable bonds is 0. The molecule has 1 unspecified atom stereocenters. The third-order valence-electron chi connectivity index (χ3n) is 1.52. The zero-order valence-corrected chi connectivity index (χ0v) is 6.33. The Morgan fingerprint density at radius 1 is 1.20 bits per heavy atom. The van der Waals surface area contributed by atoms with Gasteiger partial charge in [-0.3, -0.25) is 0 Å². The van der Waals surface area contributed by atoms with Crippen molar-refractivity contribution in [2.75, 3.05) is 0 Å². The maximum absolute atomic E-state index is 9.12. The highest BCUT2D eigenvalue weighted by Crippen LogP contribution is 2.34. The summed E-state index contributed by atoms with van der Waals surface area (Å²) in [6, 6.07) is 9.88. The summed E-state index contributed by atoms with van der Waals surface area (Å²) in [6.07, 6.45) is 0. The first-order valence-electron chi connectivity index (χ1n) is 3.13. The van der Waals surface area contributed by atoms with Crippen LogP contribution >= 0.6 is 8.19 Å². The molecule has 0 amide bonds. The highest BCUT2D eigenvalue weighted by atomic mass is 31.0. The van der Waals surface area contributed by atoms with E-state index in [1.54, 1.807) is 0 Å². The van der Waals surface area contributed by atoms with Crippen LogP contribution in [0.1, 0.15) is 0 Å². The van der Waals surface area contributed by atoms with Crippen LogP contribution in [0.5, 0.6) is 5.48 Å². The van der Waals surface area contributed by atoms with Gasteiger partial charge >= 0.3 is 0 Å². The summed E-state index contributed by atoms with van der Waals surface area (Å²) in [4.78, 5) is 0.